The fraction of sp³-hybridized carbons (Fsp3) is 0.533. The molecule has 0 atom stereocenters. The number of rotatable bonds is 5. The highest BCUT2D eigenvalue weighted by Crippen LogP contribution is 2.28. The average Bonchev–Trinajstić information content (AvgIpc) is 3.16. The van der Waals surface area contributed by atoms with Crippen molar-refractivity contribution in [1.82, 2.24) is 15.5 Å². The molecule has 20 heavy (non-hydrogen) atoms. The standard InChI is InChI=1S/C15H21N3S2/c1-19-13-6-4-12(5-7-13)16-9-11-10-17-18-15(11)14-3-2-8-20-14/h2-3,8,10,12-13,16H,4-7,9H2,1H3,(H,17,18). The molecule has 2 aromatic rings. The number of nitrogens with one attached hydrogen (secondary N) is 2. The van der Waals surface area contributed by atoms with Crippen LogP contribution in [0.2, 0.25) is 0 Å². The number of nitrogens with zero attached hydrogens (tertiary/aromatic N) is 1. The smallest absolute Gasteiger partial charge is 0.0794 e. The first-order valence-electron chi connectivity index (χ1n) is 7.19. The van der Waals surface area contributed by atoms with Gasteiger partial charge in [0.2, 0.25) is 0 Å². The van der Waals surface area contributed by atoms with E-state index in [0.717, 1.165) is 11.8 Å². The van der Waals surface area contributed by atoms with Gasteiger partial charge in [-0.05, 0) is 43.4 Å². The molecular weight excluding hydrogens is 286 g/mol. The highest BCUT2D eigenvalue weighted by molar-refractivity contribution is 7.99. The molecule has 2 aromatic heterocycles. The second-order valence-electron chi connectivity index (χ2n) is 5.34. The minimum atomic E-state index is 0.671. The molecule has 2 N–H and O–H groups in total. The molecule has 2 heterocycles. The lowest BCUT2D eigenvalue weighted by Gasteiger charge is -2.28. The Bertz CT molecular complexity index is 513. The molecule has 0 aromatic carbocycles. The third kappa shape index (κ3) is 3.27. The van der Waals surface area contributed by atoms with Crippen molar-refractivity contribution in [3.8, 4) is 10.6 Å². The zero-order chi connectivity index (χ0) is 13.8. The molecule has 1 aliphatic carbocycles. The zero-order valence-electron chi connectivity index (χ0n) is 11.8. The van der Waals surface area contributed by atoms with E-state index in [1.807, 2.05) is 18.0 Å². The van der Waals surface area contributed by atoms with Crippen LogP contribution < -0.4 is 5.32 Å². The van der Waals surface area contributed by atoms with Crippen LogP contribution in [0.15, 0.2) is 23.7 Å². The maximum atomic E-state index is 4.21. The van der Waals surface area contributed by atoms with E-state index < -0.39 is 0 Å². The SMILES string of the molecule is CSC1CCC(NCc2cn[nH]c2-c2cccs2)CC1. The van der Waals surface area contributed by atoms with E-state index in [1.54, 1.807) is 11.3 Å². The fourth-order valence-electron chi connectivity index (χ4n) is 2.84. The molecule has 0 aliphatic heterocycles. The highest BCUT2D eigenvalue weighted by atomic mass is 32.2. The van der Waals surface area contributed by atoms with Gasteiger partial charge in [-0.25, -0.2) is 0 Å². The number of H-pyrrole nitrogens is 1. The molecule has 0 unspecified atom stereocenters. The summed E-state index contributed by atoms with van der Waals surface area (Å²) in [4.78, 5) is 1.27. The lowest BCUT2D eigenvalue weighted by atomic mass is 9.95. The minimum Gasteiger partial charge on any atom is -0.310 e. The summed E-state index contributed by atoms with van der Waals surface area (Å²) in [6.07, 6.45) is 9.49. The van der Waals surface area contributed by atoms with Gasteiger partial charge < -0.3 is 5.32 Å². The average molecular weight is 307 g/mol. The van der Waals surface area contributed by atoms with Crippen molar-refractivity contribution in [1.29, 1.82) is 0 Å². The summed E-state index contributed by atoms with van der Waals surface area (Å²) in [5, 5.41) is 14.0. The molecule has 0 amide bonds. The van der Waals surface area contributed by atoms with Crippen LogP contribution in [-0.2, 0) is 6.54 Å². The molecular formula is C15H21N3S2. The Morgan fingerprint density at radius 1 is 1.40 bits per heavy atom. The van der Waals surface area contributed by atoms with Crippen LogP contribution in [0.3, 0.4) is 0 Å². The second kappa shape index (κ2) is 6.78. The monoisotopic (exact) mass is 307 g/mol. The number of hydrogen-bond donors (Lipinski definition) is 2. The van der Waals surface area contributed by atoms with Crippen LogP contribution in [0.25, 0.3) is 10.6 Å². The zero-order valence-corrected chi connectivity index (χ0v) is 13.4. The third-order valence-corrected chi connectivity index (χ3v) is 6.10. The Labute approximate surface area is 128 Å². The van der Waals surface area contributed by atoms with Gasteiger partial charge in [-0.2, -0.15) is 16.9 Å². The third-order valence-electron chi connectivity index (χ3n) is 4.07. The van der Waals surface area contributed by atoms with E-state index >= 15 is 0 Å². The minimum absolute atomic E-state index is 0.671. The second-order valence-corrected chi connectivity index (χ2v) is 7.42. The first-order valence-corrected chi connectivity index (χ1v) is 9.36. The van der Waals surface area contributed by atoms with Gasteiger partial charge in [0.05, 0.1) is 16.8 Å². The van der Waals surface area contributed by atoms with Crippen LogP contribution in [0, 0.1) is 0 Å². The van der Waals surface area contributed by atoms with Gasteiger partial charge in [0.1, 0.15) is 0 Å². The largest absolute Gasteiger partial charge is 0.310 e. The highest BCUT2D eigenvalue weighted by Gasteiger charge is 2.20. The maximum absolute atomic E-state index is 4.21. The van der Waals surface area contributed by atoms with Gasteiger partial charge in [-0.15, -0.1) is 11.3 Å². The van der Waals surface area contributed by atoms with Crippen molar-refractivity contribution < 1.29 is 0 Å². The van der Waals surface area contributed by atoms with E-state index in [1.165, 1.54) is 41.8 Å². The Balaban J connectivity index is 1.56. The van der Waals surface area contributed by atoms with Gasteiger partial charge in [-0.3, -0.25) is 5.10 Å². The van der Waals surface area contributed by atoms with Crippen molar-refractivity contribution in [2.75, 3.05) is 6.26 Å². The lowest BCUT2D eigenvalue weighted by Crippen LogP contribution is -2.33. The number of hydrogen-bond acceptors (Lipinski definition) is 4. The predicted molar refractivity (Wildman–Crippen MR) is 88.3 cm³/mol. The Morgan fingerprint density at radius 3 is 2.95 bits per heavy atom. The summed E-state index contributed by atoms with van der Waals surface area (Å²) in [6, 6.07) is 4.90. The Kier molecular flexibility index (Phi) is 4.81. The lowest BCUT2D eigenvalue weighted by molar-refractivity contribution is 0.379. The molecule has 1 aliphatic rings. The van der Waals surface area contributed by atoms with E-state index in [2.05, 4.69) is 39.3 Å². The van der Waals surface area contributed by atoms with Crippen LogP contribution >= 0.6 is 23.1 Å². The number of aromatic nitrogens is 2. The van der Waals surface area contributed by atoms with E-state index in [0.29, 0.717) is 6.04 Å². The van der Waals surface area contributed by atoms with Crippen LogP contribution in [0.4, 0.5) is 0 Å². The van der Waals surface area contributed by atoms with Gasteiger partial charge in [0.25, 0.3) is 0 Å². The number of aromatic amines is 1. The van der Waals surface area contributed by atoms with Crippen molar-refractivity contribution in [3.63, 3.8) is 0 Å². The van der Waals surface area contributed by atoms with Gasteiger partial charge in [-0.1, -0.05) is 6.07 Å². The van der Waals surface area contributed by atoms with Crippen LogP contribution in [0.5, 0.6) is 0 Å². The van der Waals surface area contributed by atoms with Crippen LogP contribution in [0.1, 0.15) is 31.2 Å². The molecule has 0 bridgehead atoms. The molecule has 5 heteroatoms. The topological polar surface area (TPSA) is 40.7 Å². The van der Waals surface area contributed by atoms with Gasteiger partial charge in [0, 0.05) is 23.4 Å². The van der Waals surface area contributed by atoms with E-state index in [4.69, 9.17) is 0 Å². The summed E-state index contributed by atoms with van der Waals surface area (Å²) in [6.45, 7) is 0.915. The predicted octanol–water partition coefficient (Wildman–Crippen LogP) is 3.90. The normalized spacial score (nSPS) is 23.1. The summed E-state index contributed by atoms with van der Waals surface area (Å²) in [5.41, 5.74) is 2.45. The summed E-state index contributed by atoms with van der Waals surface area (Å²) >= 11 is 3.78. The molecule has 108 valence electrons. The number of thioether (sulfide) groups is 1. The van der Waals surface area contributed by atoms with E-state index in [-0.39, 0.29) is 0 Å². The molecule has 1 fully saturated rings. The molecule has 1 saturated carbocycles. The first kappa shape index (κ1) is 14.2. The summed E-state index contributed by atoms with van der Waals surface area (Å²) in [7, 11) is 0. The van der Waals surface area contributed by atoms with Crippen molar-refractivity contribution in [3.05, 3.63) is 29.3 Å². The van der Waals surface area contributed by atoms with Gasteiger partial charge >= 0.3 is 0 Å². The van der Waals surface area contributed by atoms with Crippen LogP contribution in [-0.4, -0.2) is 27.7 Å². The quantitative estimate of drug-likeness (QED) is 0.880. The molecule has 3 nitrogen and oxygen atoms in total. The Morgan fingerprint density at radius 2 is 2.25 bits per heavy atom. The summed E-state index contributed by atoms with van der Waals surface area (Å²) in [5.74, 6) is 0. The van der Waals surface area contributed by atoms with Crippen molar-refractivity contribution in [2.24, 2.45) is 0 Å². The van der Waals surface area contributed by atoms with Crippen molar-refractivity contribution >= 4 is 23.1 Å². The van der Waals surface area contributed by atoms with Gasteiger partial charge in [0.15, 0.2) is 0 Å². The molecule has 0 saturated heterocycles. The molecule has 3 rings (SSSR count). The fourth-order valence-corrected chi connectivity index (χ4v) is 4.34. The maximum Gasteiger partial charge on any atom is 0.0794 e. The molecule has 0 radical (unpaired) electrons. The Hall–Kier alpha value is -0.780. The first-order chi connectivity index (χ1) is 9.86. The number of thiophene rings is 1. The summed E-state index contributed by atoms with van der Waals surface area (Å²) < 4.78 is 0. The van der Waals surface area contributed by atoms with Crippen molar-refractivity contribution in [2.45, 2.75) is 43.5 Å². The van der Waals surface area contributed by atoms with E-state index in [9.17, 15) is 0 Å². The molecule has 0 spiro atoms.